The number of rotatable bonds is 4. The van der Waals surface area contributed by atoms with Gasteiger partial charge >= 0.3 is 6.16 Å². The molecule has 0 aliphatic rings. The number of hydroxylamine groups is 1. The molecule has 0 radical (unpaired) electrons. The lowest BCUT2D eigenvalue weighted by Gasteiger charge is -1.98. The molecule has 0 saturated heterocycles. The van der Waals surface area contributed by atoms with Crippen LogP contribution in [0.5, 0.6) is 0 Å². The molecule has 0 atom stereocenters. The average Bonchev–Trinajstić information content (AvgIpc) is 1.80. The van der Waals surface area contributed by atoms with Gasteiger partial charge in [0, 0.05) is 6.54 Å². The van der Waals surface area contributed by atoms with E-state index in [-0.39, 0.29) is 0 Å². The summed E-state index contributed by atoms with van der Waals surface area (Å²) in [6, 6.07) is 0. The molecule has 0 heterocycles. The predicted molar refractivity (Wildman–Crippen MR) is 32.0 cm³/mol. The Bertz CT molecular complexity index is 84.3. The van der Waals surface area contributed by atoms with Gasteiger partial charge in [-0.3, -0.25) is 0 Å². The molecular weight excluding hydrogens is 122 g/mol. The van der Waals surface area contributed by atoms with Crippen molar-refractivity contribution in [2.75, 3.05) is 6.54 Å². The van der Waals surface area contributed by atoms with Crippen molar-refractivity contribution < 1.29 is 14.7 Å². The third kappa shape index (κ3) is 7.23. The summed E-state index contributed by atoms with van der Waals surface area (Å²) >= 11 is 0. The number of carboxylic acid groups (broad SMARTS) is 1. The molecule has 0 aromatic heterocycles. The molecule has 0 aliphatic carbocycles. The van der Waals surface area contributed by atoms with Gasteiger partial charge in [-0.1, -0.05) is 13.3 Å². The third-order valence-electron chi connectivity index (χ3n) is 0.792. The first-order valence-corrected chi connectivity index (χ1v) is 2.90. The molecule has 2 N–H and O–H groups in total. The molecule has 4 nitrogen and oxygen atoms in total. The monoisotopic (exact) mass is 133 g/mol. The van der Waals surface area contributed by atoms with E-state index in [0.29, 0.717) is 6.54 Å². The number of carbonyl (C=O) groups is 1. The van der Waals surface area contributed by atoms with Gasteiger partial charge in [0.25, 0.3) is 0 Å². The first-order valence-electron chi connectivity index (χ1n) is 2.90. The zero-order valence-electron chi connectivity index (χ0n) is 5.39. The van der Waals surface area contributed by atoms with Crippen LogP contribution in [0.4, 0.5) is 4.79 Å². The zero-order chi connectivity index (χ0) is 7.11. The highest BCUT2D eigenvalue weighted by atomic mass is 16.8. The molecule has 0 aromatic carbocycles. The van der Waals surface area contributed by atoms with Crippen LogP contribution in [0.3, 0.4) is 0 Å². The molecule has 4 heteroatoms. The fraction of sp³-hybridized carbons (Fsp3) is 0.800. The van der Waals surface area contributed by atoms with Gasteiger partial charge in [-0.2, -0.15) is 5.48 Å². The summed E-state index contributed by atoms with van der Waals surface area (Å²) < 4.78 is 0. The van der Waals surface area contributed by atoms with Crippen molar-refractivity contribution >= 4 is 6.16 Å². The van der Waals surface area contributed by atoms with Gasteiger partial charge in [0.1, 0.15) is 0 Å². The highest BCUT2D eigenvalue weighted by molar-refractivity contribution is 5.56. The summed E-state index contributed by atoms with van der Waals surface area (Å²) in [5.74, 6) is 0. The van der Waals surface area contributed by atoms with E-state index >= 15 is 0 Å². The van der Waals surface area contributed by atoms with Crippen LogP contribution in [0, 0.1) is 0 Å². The minimum atomic E-state index is -1.29. The lowest BCUT2D eigenvalue weighted by Crippen LogP contribution is -2.19. The van der Waals surface area contributed by atoms with Crippen molar-refractivity contribution in [3.8, 4) is 0 Å². The molecule has 9 heavy (non-hydrogen) atoms. The zero-order valence-corrected chi connectivity index (χ0v) is 5.39. The molecule has 54 valence electrons. The Balaban J connectivity index is 2.83. The summed E-state index contributed by atoms with van der Waals surface area (Å²) in [4.78, 5) is 13.7. The first kappa shape index (κ1) is 8.23. The normalized spacial score (nSPS) is 9.00. The molecule has 0 aliphatic heterocycles. The molecule has 0 bridgehead atoms. The SMILES string of the molecule is CCCCNOC(=O)O. The Kier molecular flexibility index (Phi) is 4.91. The number of hydrogen-bond acceptors (Lipinski definition) is 3. The Morgan fingerprint density at radius 3 is 2.89 bits per heavy atom. The van der Waals surface area contributed by atoms with Crippen molar-refractivity contribution in [2.45, 2.75) is 19.8 Å². The van der Waals surface area contributed by atoms with E-state index in [2.05, 4.69) is 10.3 Å². The largest absolute Gasteiger partial charge is 0.525 e. The maximum atomic E-state index is 9.68. The topological polar surface area (TPSA) is 58.6 Å². The van der Waals surface area contributed by atoms with Gasteiger partial charge in [0.05, 0.1) is 0 Å². The Labute approximate surface area is 53.8 Å². The van der Waals surface area contributed by atoms with Crippen molar-refractivity contribution in [2.24, 2.45) is 0 Å². The summed E-state index contributed by atoms with van der Waals surface area (Å²) in [5.41, 5.74) is 2.29. The number of unbranched alkanes of at least 4 members (excludes halogenated alkanes) is 1. The second-order valence-corrected chi connectivity index (χ2v) is 1.62. The molecule has 0 rings (SSSR count). The minimum Gasteiger partial charge on any atom is -0.448 e. The molecule has 0 unspecified atom stereocenters. The van der Waals surface area contributed by atoms with Crippen LogP contribution in [0.15, 0.2) is 0 Å². The molecule has 0 saturated carbocycles. The lowest BCUT2D eigenvalue weighted by atomic mass is 10.3. The van der Waals surface area contributed by atoms with Crippen LogP contribution in [0.1, 0.15) is 19.8 Å². The average molecular weight is 133 g/mol. The van der Waals surface area contributed by atoms with Crippen molar-refractivity contribution in [3.63, 3.8) is 0 Å². The number of nitrogens with one attached hydrogen (secondary N) is 1. The fourth-order valence-corrected chi connectivity index (χ4v) is 0.362. The van der Waals surface area contributed by atoms with E-state index in [1.54, 1.807) is 0 Å². The van der Waals surface area contributed by atoms with E-state index in [1.807, 2.05) is 6.92 Å². The fourth-order valence-electron chi connectivity index (χ4n) is 0.362. The van der Waals surface area contributed by atoms with Gasteiger partial charge in [-0.05, 0) is 6.42 Å². The Morgan fingerprint density at radius 1 is 1.78 bits per heavy atom. The standard InChI is InChI=1S/C5H11NO3/c1-2-3-4-6-9-5(7)8/h6H,2-4H2,1H3,(H,7,8). The number of hydrogen-bond donors (Lipinski definition) is 2. The Morgan fingerprint density at radius 2 is 2.44 bits per heavy atom. The highest BCUT2D eigenvalue weighted by Gasteiger charge is 1.92. The van der Waals surface area contributed by atoms with Crippen LogP contribution in [-0.4, -0.2) is 17.8 Å². The highest BCUT2D eigenvalue weighted by Crippen LogP contribution is 1.81. The van der Waals surface area contributed by atoms with Crippen LogP contribution in [-0.2, 0) is 4.84 Å². The summed E-state index contributed by atoms with van der Waals surface area (Å²) in [6.45, 7) is 2.60. The van der Waals surface area contributed by atoms with E-state index in [1.165, 1.54) is 0 Å². The van der Waals surface area contributed by atoms with Gasteiger partial charge in [-0.25, -0.2) is 4.79 Å². The quantitative estimate of drug-likeness (QED) is 0.443. The maximum absolute atomic E-state index is 9.68. The van der Waals surface area contributed by atoms with Crippen molar-refractivity contribution in [1.29, 1.82) is 0 Å². The van der Waals surface area contributed by atoms with Gasteiger partial charge in [0.15, 0.2) is 0 Å². The molecular formula is C5H11NO3. The van der Waals surface area contributed by atoms with Crippen LogP contribution in [0.2, 0.25) is 0 Å². The van der Waals surface area contributed by atoms with E-state index < -0.39 is 6.16 Å². The minimum absolute atomic E-state index is 0.586. The first-order chi connectivity index (χ1) is 4.27. The smallest absolute Gasteiger partial charge is 0.448 e. The summed E-state index contributed by atoms with van der Waals surface area (Å²) in [6.07, 6.45) is 0.662. The van der Waals surface area contributed by atoms with Gasteiger partial charge in [0.2, 0.25) is 0 Å². The second-order valence-electron chi connectivity index (χ2n) is 1.62. The lowest BCUT2D eigenvalue weighted by molar-refractivity contribution is 0.0438. The summed E-state index contributed by atoms with van der Waals surface area (Å²) in [5, 5.41) is 7.93. The summed E-state index contributed by atoms with van der Waals surface area (Å²) in [7, 11) is 0. The molecule has 0 fully saturated rings. The molecule has 0 aromatic rings. The third-order valence-corrected chi connectivity index (χ3v) is 0.792. The second kappa shape index (κ2) is 5.37. The van der Waals surface area contributed by atoms with Crippen LogP contribution < -0.4 is 5.48 Å². The van der Waals surface area contributed by atoms with Crippen molar-refractivity contribution in [3.05, 3.63) is 0 Å². The van der Waals surface area contributed by atoms with Gasteiger partial charge < -0.3 is 9.94 Å². The van der Waals surface area contributed by atoms with E-state index in [4.69, 9.17) is 5.11 Å². The maximum Gasteiger partial charge on any atom is 0.525 e. The van der Waals surface area contributed by atoms with Crippen molar-refractivity contribution in [1.82, 2.24) is 5.48 Å². The molecule has 0 spiro atoms. The van der Waals surface area contributed by atoms with Crippen LogP contribution in [0.25, 0.3) is 0 Å². The van der Waals surface area contributed by atoms with E-state index in [0.717, 1.165) is 12.8 Å². The van der Waals surface area contributed by atoms with Gasteiger partial charge in [-0.15, -0.1) is 0 Å². The van der Waals surface area contributed by atoms with Crippen LogP contribution >= 0.6 is 0 Å². The molecule has 0 amide bonds. The van der Waals surface area contributed by atoms with E-state index in [9.17, 15) is 4.79 Å². The predicted octanol–water partition coefficient (Wildman–Crippen LogP) is 0.986. The Hall–Kier alpha value is -0.770.